The van der Waals surface area contributed by atoms with E-state index >= 15 is 0 Å². The molecule has 0 saturated heterocycles. The molecule has 0 aliphatic carbocycles. The van der Waals surface area contributed by atoms with Crippen molar-refractivity contribution in [1.29, 1.82) is 0 Å². The van der Waals surface area contributed by atoms with Gasteiger partial charge < -0.3 is 20.1 Å². The van der Waals surface area contributed by atoms with Crippen LogP contribution in [0.1, 0.15) is 25.3 Å². The van der Waals surface area contributed by atoms with Gasteiger partial charge in [0.15, 0.2) is 11.6 Å². The summed E-state index contributed by atoms with van der Waals surface area (Å²) >= 11 is 0. The third kappa shape index (κ3) is 7.08. The van der Waals surface area contributed by atoms with Crippen molar-refractivity contribution in [3.8, 4) is 11.6 Å². The van der Waals surface area contributed by atoms with Crippen molar-refractivity contribution >= 4 is 6.03 Å². The zero-order valence-corrected chi connectivity index (χ0v) is 15.1. The molecule has 0 aliphatic rings. The minimum Gasteiger partial charge on any atom is -0.489 e. The van der Waals surface area contributed by atoms with Crippen LogP contribution in [-0.4, -0.2) is 30.8 Å². The molecule has 1 heterocycles. The first-order chi connectivity index (χ1) is 13.1. The summed E-state index contributed by atoms with van der Waals surface area (Å²) in [5.41, 5.74) is 0.772. The van der Waals surface area contributed by atoms with Gasteiger partial charge in [0.1, 0.15) is 12.4 Å². The van der Waals surface area contributed by atoms with E-state index in [2.05, 4.69) is 22.5 Å². The van der Waals surface area contributed by atoms with Crippen LogP contribution < -0.4 is 20.1 Å². The van der Waals surface area contributed by atoms with Gasteiger partial charge in [0.2, 0.25) is 5.88 Å². The number of carbonyl (C=O) groups excluding carboxylic acids is 1. The summed E-state index contributed by atoms with van der Waals surface area (Å²) in [6, 6.07) is 6.24. The Labute approximate surface area is 156 Å². The van der Waals surface area contributed by atoms with Crippen molar-refractivity contribution in [2.75, 3.05) is 19.8 Å². The number of nitrogens with zero attached hydrogens (tertiary/aromatic N) is 1. The lowest BCUT2D eigenvalue weighted by molar-refractivity contribution is 0.235. The average molecular weight is 379 g/mol. The molecule has 0 radical (unpaired) electrons. The molecule has 0 aliphatic heterocycles. The SMILES string of the molecule is CCCCOc1ncccc1CNC(=O)NCCOc1ccc(F)cc1F. The largest absolute Gasteiger partial charge is 0.489 e. The maximum absolute atomic E-state index is 13.4. The van der Waals surface area contributed by atoms with Gasteiger partial charge in [-0.2, -0.15) is 0 Å². The molecule has 0 bridgehead atoms. The Kier molecular flexibility index (Phi) is 8.28. The molecule has 0 unspecified atom stereocenters. The molecule has 0 saturated carbocycles. The van der Waals surface area contributed by atoms with E-state index in [9.17, 15) is 13.6 Å². The zero-order chi connectivity index (χ0) is 19.5. The number of urea groups is 1. The number of benzene rings is 1. The van der Waals surface area contributed by atoms with E-state index in [0.29, 0.717) is 12.5 Å². The molecule has 2 aromatic rings. The number of hydrogen-bond donors (Lipinski definition) is 2. The quantitative estimate of drug-likeness (QED) is 0.621. The number of ether oxygens (including phenoxy) is 2. The van der Waals surface area contributed by atoms with Crippen molar-refractivity contribution in [3.05, 3.63) is 53.7 Å². The van der Waals surface area contributed by atoms with E-state index in [1.165, 1.54) is 6.07 Å². The fourth-order valence-corrected chi connectivity index (χ4v) is 2.16. The third-order valence-corrected chi connectivity index (χ3v) is 3.57. The summed E-state index contributed by atoms with van der Waals surface area (Å²) < 4.78 is 37.0. The fourth-order valence-electron chi connectivity index (χ4n) is 2.16. The summed E-state index contributed by atoms with van der Waals surface area (Å²) in [4.78, 5) is 16.0. The van der Waals surface area contributed by atoms with Crippen molar-refractivity contribution in [3.63, 3.8) is 0 Å². The topological polar surface area (TPSA) is 72.5 Å². The molecule has 0 spiro atoms. The van der Waals surface area contributed by atoms with Gasteiger partial charge in [-0.15, -0.1) is 0 Å². The summed E-state index contributed by atoms with van der Waals surface area (Å²) in [5, 5.41) is 5.29. The zero-order valence-electron chi connectivity index (χ0n) is 15.1. The number of aromatic nitrogens is 1. The molecule has 2 N–H and O–H groups in total. The summed E-state index contributed by atoms with van der Waals surface area (Å²) in [6.07, 6.45) is 3.59. The lowest BCUT2D eigenvalue weighted by atomic mass is 10.2. The van der Waals surface area contributed by atoms with Crippen LogP contribution in [0.4, 0.5) is 13.6 Å². The maximum Gasteiger partial charge on any atom is 0.315 e. The van der Waals surface area contributed by atoms with Crippen molar-refractivity contribution in [2.45, 2.75) is 26.3 Å². The standard InChI is InChI=1S/C19H23F2N3O3/c1-2-3-10-27-18-14(5-4-8-22-18)13-24-19(25)23-9-11-26-17-7-6-15(20)12-16(17)21/h4-8,12H,2-3,9-11,13H2,1H3,(H2,23,24,25). The highest BCUT2D eigenvalue weighted by molar-refractivity contribution is 5.73. The van der Waals surface area contributed by atoms with E-state index in [1.807, 2.05) is 6.07 Å². The number of halogens is 2. The normalized spacial score (nSPS) is 10.3. The van der Waals surface area contributed by atoms with Crippen LogP contribution in [-0.2, 0) is 6.54 Å². The van der Waals surface area contributed by atoms with E-state index in [0.717, 1.165) is 30.5 Å². The highest BCUT2D eigenvalue weighted by Gasteiger charge is 2.08. The molecule has 27 heavy (non-hydrogen) atoms. The Morgan fingerprint density at radius 3 is 2.78 bits per heavy atom. The van der Waals surface area contributed by atoms with Crippen LogP contribution in [0.15, 0.2) is 36.5 Å². The van der Waals surface area contributed by atoms with Crippen LogP contribution in [0.3, 0.4) is 0 Å². The van der Waals surface area contributed by atoms with E-state index in [1.54, 1.807) is 12.3 Å². The predicted octanol–water partition coefficient (Wildman–Crippen LogP) is 3.42. The molecule has 0 atom stereocenters. The summed E-state index contributed by atoms with van der Waals surface area (Å²) in [5.74, 6) is -1.03. The number of carbonyl (C=O) groups is 1. The third-order valence-electron chi connectivity index (χ3n) is 3.57. The van der Waals surface area contributed by atoms with Crippen LogP contribution in [0.25, 0.3) is 0 Å². The highest BCUT2D eigenvalue weighted by atomic mass is 19.1. The number of amides is 2. The van der Waals surface area contributed by atoms with Gasteiger partial charge in [0.25, 0.3) is 0 Å². The molecule has 8 heteroatoms. The molecular weight excluding hydrogens is 356 g/mol. The first kappa shape index (κ1) is 20.4. The Bertz CT molecular complexity index is 744. The first-order valence-corrected chi connectivity index (χ1v) is 8.76. The molecule has 1 aromatic heterocycles. The van der Waals surface area contributed by atoms with E-state index < -0.39 is 17.7 Å². The van der Waals surface area contributed by atoms with Gasteiger partial charge in [-0.1, -0.05) is 19.4 Å². The van der Waals surface area contributed by atoms with Crippen molar-refractivity contribution in [1.82, 2.24) is 15.6 Å². The molecule has 2 rings (SSSR count). The molecule has 0 fully saturated rings. The number of rotatable bonds is 10. The minimum atomic E-state index is -0.786. The van der Waals surface area contributed by atoms with Crippen LogP contribution >= 0.6 is 0 Å². The first-order valence-electron chi connectivity index (χ1n) is 8.76. The Balaban J connectivity index is 1.70. The van der Waals surface area contributed by atoms with Gasteiger partial charge in [0.05, 0.1) is 13.2 Å². The number of hydrogen-bond acceptors (Lipinski definition) is 4. The van der Waals surface area contributed by atoms with Crippen LogP contribution in [0.2, 0.25) is 0 Å². The number of pyridine rings is 1. The second-order valence-corrected chi connectivity index (χ2v) is 5.70. The van der Waals surface area contributed by atoms with Gasteiger partial charge >= 0.3 is 6.03 Å². The Morgan fingerprint density at radius 2 is 2.00 bits per heavy atom. The van der Waals surface area contributed by atoms with Gasteiger partial charge in [-0.25, -0.2) is 18.6 Å². The van der Waals surface area contributed by atoms with Gasteiger partial charge in [-0.3, -0.25) is 0 Å². The Hall–Kier alpha value is -2.90. The second kappa shape index (κ2) is 10.9. The molecule has 146 valence electrons. The monoisotopic (exact) mass is 379 g/mol. The van der Waals surface area contributed by atoms with E-state index in [-0.39, 0.29) is 25.4 Å². The van der Waals surface area contributed by atoms with Gasteiger partial charge in [-0.05, 0) is 24.6 Å². The average Bonchev–Trinajstić information content (AvgIpc) is 2.66. The number of unbranched alkanes of at least 4 members (excludes halogenated alkanes) is 1. The lowest BCUT2D eigenvalue weighted by Crippen LogP contribution is -2.37. The predicted molar refractivity (Wildman–Crippen MR) is 96.7 cm³/mol. The molecule has 6 nitrogen and oxygen atoms in total. The summed E-state index contributed by atoms with van der Waals surface area (Å²) in [6.45, 7) is 3.12. The van der Waals surface area contributed by atoms with Crippen molar-refractivity contribution < 1.29 is 23.0 Å². The van der Waals surface area contributed by atoms with Gasteiger partial charge in [0, 0.05) is 24.4 Å². The van der Waals surface area contributed by atoms with Crippen molar-refractivity contribution in [2.24, 2.45) is 0 Å². The van der Waals surface area contributed by atoms with Crippen LogP contribution in [0, 0.1) is 11.6 Å². The Morgan fingerprint density at radius 1 is 1.15 bits per heavy atom. The molecular formula is C19H23F2N3O3. The highest BCUT2D eigenvalue weighted by Crippen LogP contribution is 2.17. The smallest absolute Gasteiger partial charge is 0.315 e. The van der Waals surface area contributed by atoms with E-state index in [4.69, 9.17) is 9.47 Å². The summed E-state index contributed by atoms with van der Waals surface area (Å²) in [7, 11) is 0. The molecule has 1 aromatic carbocycles. The van der Waals surface area contributed by atoms with Crippen LogP contribution in [0.5, 0.6) is 11.6 Å². The lowest BCUT2D eigenvalue weighted by Gasteiger charge is -2.12. The fraction of sp³-hybridized carbons (Fsp3) is 0.368. The number of nitrogens with one attached hydrogen (secondary N) is 2. The second-order valence-electron chi connectivity index (χ2n) is 5.70. The minimum absolute atomic E-state index is 0.0498. The maximum atomic E-state index is 13.4. The molecule has 2 amide bonds.